The molecule has 0 N–H and O–H groups in total. The molecule has 0 spiro atoms. The van der Waals surface area contributed by atoms with Gasteiger partial charge in [0.1, 0.15) is 5.75 Å². The number of carbonyl (C=O) groups is 1. The number of benzene rings is 1. The Morgan fingerprint density at radius 2 is 1.95 bits per heavy atom. The average molecular weight is 270 g/mol. The summed E-state index contributed by atoms with van der Waals surface area (Å²) in [5.74, 6) is 1.09. The van der Waals surface area contributed by atoms with E-state index in [0.29, 0.717) is 11.7 Å². The summed E-state index contributed by atoms with van der Waals surface area (Å²) in [5.41, 5.74) is 1.84. The van der Waals surface area contributed by atoms with Crippen molar-refractivity contribution in [1.29, 1.82) is 0 Å². The Balaban J connectivity index is 1.84. The Morgan fingerprint density at radius 1 is 1.30 bits per heavy atom. The number of aryl methyl sites for hydroxylation is 1. The van der Waals surface area contributed by atoms with Crippen molar-refractivity contribution in [2.75, 3.05) is 0 Å². The number of esters is 1. The van der Waals surface area contributed by atoms with Crippen LogP contribution < -0.4 is 4.74 Å². The van der Waals surface area contributed by atoms with Gasteiger partial charge in [0.05, 0.1) is 5.41 Å². The number of rotatable bonds is 2. The van der Waals surface area contributed by atoms with Gasteiger partial charge in [-0.25, -0.2) is 0 Å². The minimum Gasteiger partial charge on any atom is -0.426 e. The lowest BCUT2D eigenvalue weighted by Crippen LogP contribution is -2.36. The summed E-state index contributed by atoms with van der Waals surface area (Å²) in [6.07, 6.45) is 2.91. The van der Waals surface area contributed by atoms with Crippen LogP contribution in [0.15, 0.2) is 36.4 Å². The number of ether oxygens (including phenoxy) is 1. The van der Waals surface area contributed by atoms with E-state index in [1.54, 1.807) is 0 Å². The molecule has 2 atom stereocenters. The molecule has 2 saturated carbocycles. The van der Waals surface area contributed by atoms with Gasteiger partial charge in [0, 0.05) is 0 Å². The summed E-state index contributed by atoms with van der Waals surface area (Å²) in [7, 11) is 0. The Hall–Kier alpha value is -1.57. The Kier molecular flexibility index (Phi) is 2.82. The van der Waals surface area contributed by atoms with Gasteiger partial charge in [-0.3, -0.25) is 4.79 Å². The summed E-state index contributed by atoms with van der Waals surface area (Å²) in [5, 5.41) is 0. The molecule has 20 heavy (non-hydrogen) atoms. The van der Waals surface area contributed by atoms with E-state index in [2.05, 4.69) is 20.4 Å². The standard InChI is InChI=1S/C18H22O2/c1-12-5-7-15(8-6-12)20-16(19)18-10-9-14(11-18)17(3,4)13(18)2/h5-8,14H,2,9-11H2,1,3-4H3. The van der Waals surface area contributed by atoms with E-state index in [1.807, 2.05) is 31.2 Å². The highest BCUT2D eigenvalue weighted by molar-refractivity contribution is 5.84. The van der Waals surface area contributed by atoms with Crippen LogP contribution in [0.4, 0.5) is 0 Å². The maximum absolute atomic E-state index is 12.7. The van der Waals surface area contributed by atoms with Crippen LogP contribution in [0.2, 0.25) is 0 Å². The van der Waals surface area contributed by atoms with E-state index in [4.69, 9.17) is 4.74 Å². The van der Waals surface area contributed by atoms with E-state index in [9.17, 15) is 4.79 Å². The minimum absolute atomic E-state index is 0.0601. The molecule has 0 heterocycles. The van der Waals surface area contributed by atoms with Crippen molar-refractivity contribution < 1.29 is 9.53 Å². The SMILES string of the molecule is C=C1C2(C(=O)Oc3ccc(C)cc3)CCC(C2)C1(C)C. The molecule has 0 aliphatic heterocycles. The zero-order valence-electron chi connectivity index (χ0n) is 12.5. The van der Waals surface area contributed by atoms with Crippen molar-refractivity contribution in [2.45, 2.75) is 40.0 Å². The second-order valence-corrected chi connectivity index (χ2v) is 6.92. The van der Waals surface area contributed by atoms with Crippen molar-refractivity contribution in [3.8, 4) is 5.75 Å². The van der Waals surface area contributed by atoms with Gasteiger partial charge < -0.3 is 4.74 Å². The lowest BCUT2D eigenvalue weighted by molar-refractivity contribution is -0.143. The fourth-order valence-corrected chi connectivity index (χ4v) is 3.92. The van der Waals surface area contributed by atoms with Crippen LogP contribution in [-0.2, 0) is 4.79 Å². The molecule has 2 bridgehead atoms. The highest BCUT2D eigenvalue weighted by atomic mass is 16.5. The molecule has 0 radical (unpaired) electrons. The summed E-state index contributed by atoms with van der Waals surface area (Å²) in [6, 6.07) is 7.65. The zero-order chi connectivity index (χ0) is 14.5. The van der Waals surface area contributed by atoms with Crippen LogP contribution in [0.5, 0.6) is 5.75 Å². The summed E-state index contributed by atoms with van der Waals surface area (Å²) >= 11 is 0. The fraction of sp³-hybridized carbons (Fsp3) is 0.500. The third kappa shape index (κ3) is 1.74. The largest absolute Gasteiger partial charge is 0.426 e. The number of hydrogen-bond acceptors (Lipinski definition) is 2. The zero-order valence-corrected chi connectivity index (χ0v) is 12.5. The maximum Gasteiger partial charge on any atom is 0.321 e. The molecule has 0 saturated heterocycles. The van der Waals surface area contributed by atoms with Gasteiger partial charge in [0.25, 0.3) is 0 Å². The van der Waals surface area contributed by atoms with Crippen molar-refractivity contribution in [3.63, 3.8) is 0 Å². The molecule has 2 unspecified atom stereocenters. The molecule has 2 aliphatic rings. The third-order valence-electron chi connectivity index (χ3n) is 5.51. The number of fused-ring (bicyclic) bond motifs is 2. The predicted molar refractivity (Wildman–Crippen MR) is 79.5 cm³/mol. The van der Waals surface area contributed by atoms with Crippen molar-refractivity contribution in [2.24, 2.45) is 16.7 Å². The Labute approximate surface area is 120 Å². The molecule has 1 aromatic rings. The predicted octanol–water partition coefficient (Wildman–Crippen LogP) is 4.28. The van der Waals surface area contributed by atoms with E-state index < -0.39 is 5.41 Å². The molecule has 2 fully saturated rings. The smallest absolute Gasteiger partial charge is 0.321 e. The van der Waals surface area contributed by atoms with Gasteiger partial charge in [-0.1, -0.05) is 43.7 Å². The molecule has 3 rings (SSSR count). The highest BCUT2D eigenvalue weighted by Gasteiger charge is 2.61. The molecular formula is C18H22O2. The molecule has 2 nitrogen and oxygen atoms in total. The molecule has 0 aromatic heterocycles. The molecule has 2 aliphatic carbocycles. The molecule has 0 amide bonds. The second-order valence-electron chi connectivity index (χ2n) is 6.92. The van der Waals surface area contributed by atoms with Crippen LogP contribution in [-0.4, -0.2) is 5.97 Å². The van der Waals surface area contributed by atoms with E-state index in [-0.39, 0.29) is 11.4 Å². The van der Waals surface area contributed by atoms with Crippen LogP contribution >= 0.6 is 0 Å². The molecule has 1 aromatic carbocycles. The lowest BCUT2D eigenvalue weighted by atomic mass is 9.68. The second kappa shape index (κ2) is 4.21. The first-order valence-corrected chi connectivity index (χ1v) is 7.35. The average Bonchev–Trinajstić information content (AvgIpc) is 2.93. The van der Waals surface area contributed by atoms with Crippen LogP contribution in [0.1, 0.15) is 38.7 Å². The maximum atomic E-state index is 12.7. The van der Waals surface area contributed by atoms with Crippen LogP contribution in [0.3, 0.4) is 0 Å². The Morgan fingerprint density at radius 3 is 2.50 bits per heavy atom. The van der Waals surface area contributed by atoms with Gasteiger partial charge in [0.15, 0.2) is 0 Å². The first-order chi connectivity index (χ1) is 9.36. The fourth-order valence-electron chi connectivity index (χ4n) is 3.92. The van der Waals surface area contributed by atoms with E-state index in [0.717, 1.165) is 30.4 Å². The molecular weight excluding hydrogens is 248 g/mol. The monoisotopic (exact) mass is 270 g/mol. The number of hydrogen-bond donors (Lipinski definition) is 0. The van der Waals surface area contributed by atoms with Gasteiger partial charge >= 0.3 is 5.97 Å². The van der Waals surface area contributed by atoms with Gasteiger partial charge in [0.2, 0.25) is 0 Å². The summed E-state index contributed by atoms with van der Waals surface area (Å²) in [6.45, 7) is 10.7. The van der Waals surface area contributed by atoms with Gasteiger partial charge in [-0.15, -0.1) is 0 Å². The first-order valence-electron chi connectivity index (χ1n) is 7.35. The molecule has 106 valence electrons. The van der Waals surface area contributed by atoms with Crippen LogP contribution in [0, 0.1) is 23.7 Å². The van der Waals surface area contributed by atoms with Crippen molar-refractivity contribution in [3.05, 3.63) is 42.0 Å². The number of carbonyl (C=O) groups excluding carboxylic acids is 1. The van der Waals surface area contributed by atoms with Crippen molar-refractivity contribution >= 4 is 5.97 Å². The van der Waals surface area contributed by atoms with E-state index in [1.165, 1.54) is 0 Å². The van der Waals surface area contributed by atoms with Crippen molar-refractivity contribution in [1.82, 2.24) is 0 Å². The third-order valence-corrected chi connectivity index (χ3v) is 5.51. The first kappa shape index (κ1) is 13.4. The van der Waals surface area contributed by atoms with E-state index >= 15 is 0 Å². The van der Waals surface area contributed by atoms with Gasteiger partial charge in [-0.05, 0) is 49.7 Å². The summed E-state index contributed by atoms with van der Waals surface area (Å²) < 4.78 is 5.64. The quantitative estimate of drug-likeness (QED) is 0.455. The minimum atomic E-state index is -0.445. The lowest BCUT2D eigenvalue weighted by Gasteiger charge is -2.36. The Bertz CT molecular complexity index is 568. The normalized spacial score (nSPS) is 30.6. The highest BCUT2D eigenvalue weighted by Crippen LogP contribution is 2.65. The van der Waals surface area contributed by atoms with Crippen LogP contribution in [0.25, 0.3) is 0 Å². The topological polar surface area (TPSA) is 26.3 Å². The van der Waals surface area contributed by atoms with Gasteiger partial charge in [-0.2, -0.15) is 0 Å². The molecule has 2 heteroatoms. The summed E-state index contributed by atoms with van der Waals surface area (Å²) in [4.78, 5) is 12.7.